The van der Waals surface area contributed by atoms with Crippen LogP contribution in [-0.4, -0.2) is 37.0 Å². The molecule has 144 valence electrons. The molecule has 0 fully saturated rings. The summed E-state index contributed by atoms with van der Waals surface area (Å²) in [5.74, 6) is 1.06. The molecule has 2 aliphatic heterocycles. The van der Waals surface area contributed by atoms with E-state index in [-0.39, 0.29) is 10.9 Å². The highest BCUT2D eigenvalue weighted by Crippen LogP contribution is 2.38. The Morgan fingerprint density at radius 1 is 0.857 bits per heavy atom. The van der Waals surface area contributed by atoms with E-state index in [0.29, 0.717) is 37.8 Å². The summed E-state index contributed by atoms with van der Waals surface area (Å²) in [6, 6.07) is 18.2. The number of nitrogens with zero attached hydrogens (tertiary/aromatic N) is 2. The zero-order valence-corrected chi connectivity index (χ0v) is 16.0. The lowest BCUT2D eigenvalue weighted by atomic mass is 10.0. The summed E-state index contributed by atoms with van der Waals surface area (Å²) >= 11 is 0. The molecule has 0 saturated carbocycles. The lowest BCUT2D eigenvalue weighted by Gasteiger charge is -2.36. The van der Waals surface area contributed by atoms with Gasteiger partial charge in [0, 0.05) is 31.0 Å². The second-order valence-electron chi connectivity index (χ2n) is 6.86. The topological polar surface area (TPSA) is 60.8 Å². The van der Waals surface area contributed by atoms with Crippen LogP contribution in [0, 0.1) is 0 Å². The number of ether oxygens (including phenoxy) is 2. The number of hydrogen-bond donors (Lipinski definition) is 0. The average Bonchev–Trinajstić information content (AvgIpc) is 3.22. The number of fused-ring (bicyclic) bond motifs is 2. The van der Waals surface area contributed by atoms with Crippen molar-refractivity contribution in [2.75, 3.05) is 19.8 Å². The largest absolute Gasteiger partial charge is 0.486 e. The zero-order chi connectivity index (χ0) is 19.1. The van der Waals surface area contributed by atoms with E-state index in [9.17, 15) is 8.42 Å². The molecule has 0 amide bonds. The van der Waals surface area contributed by atoms with Gasteiger partial charge in [-0.2, -0.15) is 4.31 Å². The molecule has 0 N–H and O–H groups in total. The van der Waals surface area contributed by atoms with Crippen LogP contribution in [0.3, 0.4) is 0 Å². The van der Waals surface area contributed by atoms with Crippen molar-refractivity contribution in [2.24, 2.45) is 0 Å². The van der Waals surface area contributed by atoms with E-state index in [0.717, 1.165) is 11.3 Å². The smallest absolute Gasteiger partial charge is 0.244 e. The number of aromatic nitrogens is 1. The van der Waals surface area contributed by atoms with Gasteiger partial charge in [0.25, 0.3) is 0 Å². The average molecular weight is 396 g/mol. The van der Waals surface area contributed by atoms with Gasteiger partial charge in [-0.05, 0) is 29.8 Å². The van der Waals surface area contributed by atoms with Gasteiger partial charge in [-0.25, -0.2) is 8.42 Å². The molecule has 0 bridgehead atoms. The fourth-order valence-electron chi connectivity index (χ4n) is 3.91. The van der Waals surface area contributed by atoms with Crippen molar-refractivity contribution in [3.8, 4) is 11.5 Å². The highest BCUT2D eigenvalue weighted by molar-refractivity contribution is 7.89. The molecular weight excluding hydrogens is 376 g/mol. The van der Waals surface area contributed by atoms with E-state index in [2.05, 4.69) is 4.57 Å². The van der Waals surface area contributed by atoms with Crippen LogP contribution < -0.4 is 9.47 Å². The predicted molar refractivity (Wildman–Crippen MR) is 104 cm³/mol. The summed E-state index contributed by atoms with van der Waals surface area (Å²) in [6.07, 6.45) is 2.00. The van der Waals surface area contributed by atoms with Gasteiger partial charge in [0.2, 0.25) is 10.0 Å². The highest BCUT2D eigenvalue weighted by atomic mass is 32.2. The molecule has 0 radical (unpaired) electrons. The van der Waals surface area contributed by atoms with Crippen LogP contribution >= 0.6 is 0 Å². The van der Waals surface area contributed by atoms with Crippen molar-refractivity contribution in [3.63, 3.8) is 0 Å². The standard InChI is InChI=1S/C21H20N2O4S/c24-28(25,17-8-9-19-20(15-17)27-14-13-26-19)23-12-11-22-10-4-7-18(22)21(23)16-5-2-1-3-6-16/h1-10,15,21H,11-14H2. The summed E-state index contributed by atoms with van der Waals surface area (Å²) in [5.41, 5.74) is 1.92. The van der Waals surface area contributed by atoms with E-state index in [1.165, 1.54) is 0 Å². The molecule has 3 aromatic rings. The highest BCUT2D eigenvalue weighted by Gasteiger charge is 2.38. The van der Waals surface area contributed by atoms with Crippen molar-refractivity contribution in [3.05, 3.63) is 78.1 Å². The second kappa shape index (κ2) is 6.68. The molecule has 3 heterocycles. The maximum Gasteiger partial charge on any atom is 0.244 e. The van der Waals surface area contributed by atoms with Gasteiger partial charge in [-0.15, -0.1) is 0 Å². The summed E-state index contributed by atoms with van der Waals surface area (Å²) < 4.78 is 42.0. The lowest BCUT2D eigenvalue weighted by molar-refractivity contribution is 0.171. The molecule has 1 aromatic heterocycles. The Hall–Kier alpha value is -2.77. The molecule has 2 aromatic carbocycles. The monoisotopic (exact) mass is 396 g/mol. The normalized spacial score (nSPS) is 19.2. The van der Waals surface area contributed by atoms with E-state index in [1.54, 1.807) is 22.5 Å². The Kier molecular flexibility index (Phi) is 4.14. The molecular formula is C21H20N2O4S. The first-order chi connectivity index (χ1) is 13.6. The molecule has 2 aliphatic rings. The van der Waals surface area contributed by atoms with E-state index in [4.69, 9.17) is 9.47 Å². The van der Waals surface area contributed by atoms with Crippen LogP contribution in [0.1, 0.15) is 17.3 Å². The number of rotatable bonds is 3. The minimum absolute atomic E-state index is 0.220. The minimum atomic E-state index is -3.73. The van der Waals surface area contributed by atoms with Crippen LogP contribution in [-0.2, 0) is 16.6 Å². The van der Waals surface area contributed by atoms with Crippen molar-refractivity contribution >= 4 is 10.0 Å². The van der Waals surface area contributed by atoms with E-state index in [1.807, 2.05) is 48.7 Å². The van der Waals surface area contributed by atoms with Gasteiger partial charge >= 0.3 is 0 Å². The first-order valence-electron chi connectivity index (χ1n) is 9.26. The number of hydrogen-bond acceptors (Lipinski definition) is 4. The molecule has 1 atom stereocenters. The zero-order valence-electron chi connectivity index (χ0n) is 15.2. The second-order valence-corrected chi connectivity index (χ2v) is 8.75. The Morgan fingerprint density at radius 3 is 2.46 bits per heavy atom. The Morgan fingerprint density at radius 2 is 1.64 bits per heavy atom. The maximum absolute atomic E-state index is 13.6. The lowest BCUT2D eigenvalue weighted by Crippen LogP contribution is -2.42. The van der Waals surface area contributed by atoms with Crippen LogP contribution in [0.25, 0.3) is 0 Å². The third-order valence-electron chi connectivity index (χ3n) is 5.23. The Balaban J connectivity index is 1.60. The summed E-state index contributed by atoms with van der Waals surface area (Å²) in [4.78, 5) is 0.220. The third-order valence-corrected chi connectivity index (χ3v) is 7.09. The Labute approximate surface area is 164 Å². The Bertz CT molecular complexity index is 1110. The van der Waals surface area contributed by atoms with Crippen LogP contribution in [0.4, 0.5) is 0 Å². The van der Waals surface area contributed by atoms with Gasteiger partial charge in [0.15, 0.2) is 11.5 Å². The fraction of sp³-hybridized carbons (Fsp3) is 0.238. The maximum atomic E-state index is 13.6. The van der Waals surface area contributed by atoms with Crippen molar-refractivity contribution < 1.29 is 17.9 Å². The van der Waals surface area contributed by atoms with Crippen molar-refractivity contribution in [1.29, 1.82) is 0 Å². The van der Waals surface area contributed by atoms with Gasteiger partial charge in [-0.3, -0.25) is 0 Å². The van der Waals surface area contributed by atoms with Crippen molar-refractivity contribution in [2.45, 2.75) is 17.5 Å². The summed E-state index contributed by atoms with van der Waals surface area (Å²) in [5, 5.41) is 0. The van der Waals surface area contributed by atoms with Gasteiger partial charge in [0.1, 0.15) is 13.2 Å². The molecule has 0 saturated heterocycles. The molecule has 6 nitrogen and oxygen atoms in total. The molecule has 1 unspecified atom stereocenters. The van der Waals surface area contributed by atoms with Crippen LogP contribution in [0.5, 0.6) is 11.5 Å². The minimum Gasteiger partial charge on any atom is -0.486 e. The first-order valence-corrected chi connectivity index (χ1v) is 10.7. The van der Waals surface area contributed by atoms with Crippen molar-refractivity contribution in [1.82, 2.24) is 8.87 Å². The SMILES string of the molecule is O=S(=O)(c1ccc2c(c1)OCCO2)N1CCn2cccc2C1c1ccccc1. The van der Waals surface area contributed by atoms with Crippen LogP contribution in [0.2, 0.25) is 0 Å². The molecule has 5 rings (SSSR count). The number of sulfonamides is 1. The third kappa shape index (κ3) is 2.78. The first kappa shape index (κ1) is 17.3. The van der Waals surface area contributed by atoms with E-state index < -0.39 is 10.0 Å². The predicted octanol–water partition coefficient (Wildman–Crippen LogP) is 3.05. The summed E-state index contributed by atoms with van der Waals surface area (Å²) in [7, 11) is -3.73. The molecule has 0 aliphatic carbocycles. The van der Waals surface area contributed by atoms with Gasteiger partial charge in [0.05, 0.1) is 10.9 Å². The molecule has 28 heavy (non-hydrogen) atoms. The van der Waals surface area contributed by atoms with Gasteiger partial charge in [-0.1, -0.05) is 30.3 Å². The summed E-state index contributed by atoms with van der Waals surface area (Å²) in [6.45, 7) is 1.91. The molecule has 7 heteroatoms. The van der Waals surface area contributed by atoms with Gasteiger partial charge < -0.3 is 14.0 Å². The van der Waals surface area contributed by atoms with Crippen LogP contribution in [0.15, 0.2) is 71.8 Å². The fourth-order valence-corrected chi connectivity index (χ4v) is 5.51. The number of benzene rings is 2. The van der Waals surface area contributed by atoms with E-state index >= 15 is 0 Å². The molecule has 0 spiro atoms. The quantitative estimate of drug-likeness (QED) is 0.683.